The minimum absolute atomic E-state index is 0.00603. The molecule has 0 heterocycles. The van der Waals surface area contributed by atoms with Crippen LogP contribution in [-0.2, 0) is 14.3 Å². The first-order valence-electron chi connectivity index (χ1n) is 14.4. The van der Waals surface area contributed by atoms with E-state index in [1.807, 2.05) is 0 Å². The zero-order chi connectivity index (χ0) is 26.5. The van der Waals surface area contributed by atoms with E-state index in [1.54, 1.807) is 7.11 Å². The van der Waals surface area contributed by atoms with Gasteiger partial charge in [-0.1, -0.05) is 46.8 Å². The summed E-state index contributed by atoms with van der Waals surface area (Å²) in [5, 5.41) is 10.0. The topological polar surface area (TPSA) is 63.6 Å². The highest BCUT2D eigenvalue weighted by Crippen LogP contribution is 2.77. The number of fused-ring (bicyclic) bond motifs is 7. The molecule has 5 fully saturated rings. The Morgan fingerprint density at radius 1 is 0.972 bits per heavy atom. The fourth-order valence-electron chi connectivity index (χ4n) is 11.7. The monoisotopic (exact) mass is 496 g/mol. The summed E-state index contributed by atoms with van der Waals surface area (Å²) in [5.74, 6) is 2.12. The van der Waals surface area contributed by atoms with E-state index >= 15 is 0 Å². The van der Waals surface area contributed by atoms with Crippen LogP contribution in [0.5, 0.6) is 0 Å². The van der Waals surface area contributed by atoms with Gasteiger partial charge in [0.2, 0.25) is 0 Å². The molecular formula is C32H48O4. The number of aliphatic hydroxyl groups excluding tert-OH is 1. The minimum Gasteiger partial charge on any atom is -0.515 e. The largest absolute Gasteiger partial charge is 0.515 e. The predicted octanol–water partition coefficient (Wildman–Crippen LogP) is 7.44. The first-order chi connectivity index (χ1) is 16.7. The van der Waals surface area contributed by atoms with Crippen LogP contribution in [0.15, 0.2) is 24.0 Å². The van der Waals surface area contributed by atoms with Crippen LogP contribution in [0.4, 0.5) is 0 Å². The van der Waals surface area contributed by atoms with E-state index in [0.717, 1.165) is 57.6 Å². The molecule has 0 aromatic heterocycles. The van der Waals surface area contributed by atoms with E-state index in [1.165, 1.54) is 5.57 Å². The number of methoxy groups -OCH3 is 1. The summed E-state index contributed by atoms with van der Waals surface area (Å²) in [6.07, 6.45) is 10.2. The highest BCUT2D eigenvalue weighted by molar-refractivity contribution is 6.00. The minimum atomic E-state index is -0.455. The van der Waals surface area contributed by atoms with Crippen LogP contribution in [0.2, 0.25) is 0 Å². The second-order valence-electron chi connectivity index (χ2n) is 14.7. The Morgan fingerprint density at radius 3 is 2.28 bits per heavy atom. The van der Waals surface area contributed by atoms with Gasteiger partial charge in [0, 0.05) is 11.0 Å². The SMILES string of the molecule is C=C(C)[C@@H]1CC[C@]2(C(=O)OC)CC[C@]3(C)[C@H](CC[C@@H]4[C@@]5(C)C/C(=C/O)C(=O)C(C)(C)[C@H]5CC[C@]43C)[C@@H]12. The second-order valence-corrected chi connectivity index (χ2v) is 14.7. The summed E-state index contributed by atoms with van der Waals surface area (Å²) in [6.45, 7) is 18.3. The van der Waals surface area contributed by atoms with Crippen molar-refractivity contribution in [2.45, 2.75) is 99.3 Å². The van der Waals surface area contributed by atoms with Crippen molar-refractivity contribution in [1.82, 2.24) is 0 Å². The van der Waals surface area contributed by atoms with Crippen molar-refractivity contribution >= 4 is 11.8 Å². The third-order valence-corrected chi connectivity index (χ3v) is 13.4. The number of Topliss-reactive ketones (excluding diaryl/α,β-unsaturated/α-hetero) is 1. The standard InChI is InChI=1S/C32H48O4/c1-19(2)21-11-14-32(27(35)36-8)16-15-30(6)22(25(21)32)9-10-24-29(5)17-20(18-33)26(34)28(3,4)23(29)12-13-31(24,30)7/h18,21-25,33H,1,9-17H2,2-8H3/b20-18-/t21-,22+,23+,24+,25+,29-,30+,31+,32-/m0/s1. The average Bonchev–Trinajstić information content (AvgIpc) is 3.22. The molecule has 1 N–H and O–H groups in total. The lowest BCUT2D eigenvalue weighted by Gasteiger charge is -2.72. The van der Waals surface area contributed by atoms with E-state index in [9.17, 15) is 14.7 Å². The average molecular weight is 497 g/mol. The highest BCUT2D eigenvalue weighted by atomic mass is 16.5. The van der Waals surface area contributed by atoms with Crippen molar-refractivity contribution in [2.75, 3.05) is 7.11 Å². The van der Waals surface area contributed by atoms with Crippen molar-refractivity contribution in [3.05, 3.63) is 24.0 Å². The first kappa shape index (κ1) is 26.0. The summed E-state index contributed by atoms with van der Waals surface area (Å²) in [4.78, 5) is 26.7. The van der Waals surface area contributed by atoms with Crippen molar-refractivity contribution in [3.63, 3.8) is 0 Å². The van der Waals surface area contributed by atoms with Gasteiger partial charge in [-0.25, -0.2) is 0 Å². The maximum absolute atomic E-state index is 13.4. The zero-order valence-corrected chi connectivity index (χ0v) is 23.7. The first-order valence-corrected chi connectivity index (χ1v) is 14.4. The van der Waals surface area contributed by atoms with Crippen LogP contribution in [0.1, 0.15) is 99.3 Å². The molecule has 200 valence electrons. The smallest absolute Gasteiger partial charge is 0.312 e. The van der Waals surface area contributed by atoms with E-state index in [2.05, 4.69) is 48.1 Å². The molecule has 0 amide bonds. The van der Waals surface area contributed by atoms with Gasteiger partial charge in [-0.2, -0.15) is 0 Å². The molecule has 0 aromatic rings. The number of allylic oxidation sites excluding steroid dienone is 2. The van der Waals surface area contributed by atoms with Gasteiger partial charge in [0.15, 0.2) is 5.78 Å². The molecule has 0 aliphatic heterocycles. The Labute approximate surface area is 218 Å². The molecule has 0 aromatic carbocycles. The molecule has 0 radical (unpaired) electrons. The molecule has 0 spiro atoms. The molecule has 36 heavy (non-hydrogen) atoms. The number of carbonyl (C=O) groups is 2. The van der Waals surface area contributed by atoms with E-state index < -0.39 is 5.41 Å². The Kier molecular flexibility index (Phi) is 5.76. The maximum Gasteiger partial charge on any atom is 0.312 e. The van der Waals surface area contributed by atoms with Gasteiger partial charge in [0.1, 0.15) is 0 Å². The summed E-state index contributed by atoms with van der Waals surface area (Å²) in [6, 6.07) is 0. The van der Waals surface area contributed by atoms with Gasteiger partial charge in [0.05, 0.1) is 18.8 Å². The molecule has 5 saturated carbocycles. The fraction of sp³-hybridized carbons (Fsp3) is 0.812. The number of hydrogen-bond acceptors (Lipinski definition) is 4. The lowest BCUT2D eigenvalue weighted by Crippen LogP contribution is -2.67. The Balaban J connectivity index is 1.59. The lowest BCUT2D eigenvalue weighted by molar-refractivity contribution is -0.232. The van der Waals surface area contributed by atoms with Gasteiger partial charge >= 0.3 is 5.97 Å². The van der Waals surface area contributed by atoms with Crippen molar-refractivity contribution in [3.8, 4) is 0 Å². The van der Waals surface area contributed by atoms with Gasteiger partial charge in [-0.3, -0.25) is 9.59 Å². The van der Waals surface area contributed by atoms with Crippen molar-refractivity contribution in [1.29, 1.82) is 0 Å². The lowest BCUT2D eigenvalue weighted by atomic mass is 9.32. The summed E-state index contributed by atoms with van der Waals surface area (Å²) in [7, 11) is 1.56. The van der Waals surface area contributed by atoms with E-state index in [4.69, 9.17) is 4.74 Å². The van der Waals surface area contributed by atoms with Gasteiger partial charge < -0.3 is 9.84 Å². The number of aliphatic hydroxyl groups is 1. The Hall–Kier alpha value is -1.58. The molecule has 0 unspecified atom stereocenters. The van der Waals surface area contributed by atoms with Gasteiger partial charge in [-0.15, -0.1) is 0 Å². The Bertz CT molecular complexity index is 1020. The van der Waals surface area contributed by atoms with E-state index in [0.29, 0.717) is 41.6 Å². The number of hydrogen-bond donors (Lipinski definition) is 1. The van der Waals surface area contributed by atoms with Crippen LogP contribution in [0, 0.1) is 56.7 Å². The molecule has 0 saturated heterocycles. The molecule has 5 rings (SSSR count). The molecule has 9 atom stereocenters. The van der Waals surface area contributed by atoms with Crippen LogP contribution >= 0.6 is 0 Å². The number of ether oxygens (including phenoxy) is 1. The predicted molar refractivity (Wildman–Crippen MR) is 142 cm³/mol. The Morgan fingerprint density at radius 2 is 1.67 bits per heavy atom. The molecule has 5 aliphatic carbocycles. The quantitative estimate of drug-likeness (QED) is 0.187. The molecule has 4 nitrogen and oxygen atoms in total. The maximum atomic E-state index is 13.4. The van der Waals surface area contributed by atoms with Crippen LogP contribution in [-0.4, -0.2) is 24.0 Å². The molecule has 4 heteroatoms. The highest BCUT2D eigenvalue weighted by Gasteiger charge is 2.72. The summed E-state index contributed by atoms with van der Waals surface area (Å²) in [5.41, 5.74) is 1.25. The number of rotatable bonds is 2. The molecule has 5 aliphatic rings. The third-order valence-electron chi connectivity index (χ3n) is 13.4. The van der Waals surface area contributed by atoms with Crippen molar-refractivity contribution in [2.24, 2.45) is 56.7 Å². The van der Waals surface area contributed by atoms with Gasteiger partial charge in [-0.05, 0) is 111 Å². The fourth-order valence-corrected chi connectivity index (χ4v) is 11.7. The second kappa shape index (κ2) is 7.96. The molecule has 0 bridgehead atoms. The summed E-state index contributed by atoms with van der Waals surface area (Å²) >= 11 is 0. The van der Waals surface area contributed by atoms with Crippen molar-refractivity contribution < 1.29 is 19.4 Å². The third kappa shape index (κ3) is 2.94. The van der Waals surface area contributed by atoms with E-state index in [-0.39, 0.29) is 33.4 Å². The van der Waals surface area contributed by atoms with Crippen LogP contribution in [0.25, 0.3) is 0 Å². The number of esters is 1. The van der Waals surface area contributed by atoms with Gasteiger partial charge in [0.25, 0.3) is 0 Å². The van der Waals surface area contributed by atoms with Crippen LogP contribution < -0.4 is 0 Å². The number of ketones is 1. The summed E-state index contributed by atoms with van der Waals surface area (Å²) < 4.78 is 5.48. The van der Waals surface area contributed by atoms with Crippen LogP contribution in [0.3, 0.4) is 0 Å². The zero-order valence-electron chi connectivity index (χ0n) is 23.7. The number of carbonyl (C=O) groups excluding carboxylic acids is 2. The normalized spacial score (nSPS) is 50.5. The molecular weight excluding hydrogens is 448 g/mol.